The summed E-state index contributed by atoms with van der Waals surface area (Å²) in [6, 6.07) is -0.403. The van der Waals surface area contributed by atoms with Crippen molar-refractivity contribution in [2.75, 3.05) is 0 Å². The molecule has 0 unspecified atom stereocenters. The molecule has 2 atom stereocenters. The van der Waals surface area contributed by atoms with Crippen molar-refractivity contribution in [3.05, 3.63) is 0 Å². The first-order chi connectivity index (χ1) is 4.74. The number of carbonyl (C=O) groups is 2. The summed E-state index contributed by atoms with van der Waals surface area (Å²) in [5, 5.41) is 2.29. The Morgan fingerprint density at radius 1 is 1.50 bits per heavy atom. The minimum atomic E-state index is -0.403. The van der Waals surface area contributed by atoms with Crippen LogP contribution in [-0.4, -0.2) is 26.6 Å². The standard InChI is InChI=1S/C6H10BNO2/c1-5(3-9)2-6(4-10)8-7/h3-6,8H,2H2,1H3/t5-,6-/m0/s1. The summed E-state index contributed by atoms with van der Waals surface area (Å²) in [6.07, 6.45) is 1.96. The van der Waals surface area contributed by atoms with Gasteiger partial charge in [-0.05, 0) is 6.42 Å². The fourth-order valence-corrected chi connectivity index (χ4v) is 0.619. The molecule has 0 aromatic carbocycles. The van der Waals surface area contributed by atoms with Crippen LogP contribution in [0, 0.1) is 5.92 Å². The Balaban J connectivity index is 3.61. The lowest BCUT2D eigenvalue weighted by Gasteiger charge is -2.09. The predicted molar refractivity (Wildman–Crippen MR) is 38.6 cm³/mol. The van der Waals surface area contributed by atoms with Gasteiger partial charge in [0.05, 0.1) is 6.04 Å². The second-order valence-corrected chi connectivity index (χ2v) is 2.26. The van der Waals surface area contributed by atoms with Gasteiger partial charge in [0, 0.05) is 5.92 Å². The lowest BCUT2D eigenvalue weighted by Crippen LogP contribution is -2.30. The van der Waals surface area contributed by atoms with Gasteiger partial charge in [0.15, 0.2) is 7.98 Å². The van der Waals surface area contributed by atoms with Crippen LogP contribution in [0.4, 0.5) is 0 Å². The average molecular weight is 139 g/mol. The minimum Gasteiger partial charge on any atom is -0.358 e. The SMILES string of the molecule is [B]N[C@H](C=O)C[C@H](C)C=O. The maximum absolute atomic E-state index is 10.1. The van der Waals surface area contributed by atoms with Gasteiger partial charge in [0.2, 0.25) is 0 Å². The highest BCUT2D eigenvalue weighted by Crippen LogP contribution is 1.99. The van der Waals surface area contributed by atoms with Gasteiger partial charge in [0.25, 0.3) is 0 Å². The van der Waals surface area contributed by atoms with Crippen molar-refractivity contribution >= 4 is 20.6 Å². The van der Waals surface area contributed by atoms with Gasteiger partial charge in [-0.25, -0.2) is 0 Å². The summed E-state index contributed by atoms with van der Waals surface area (Å²) in [6.45, 7) is 1.74. The van der Waals surface area contributed by atoms with E-state index < -0.39 is 6.04 Å². The fraction of sp³-hybridized carbons (Fsp3) is 0.667. The van der Waals surface area contributed by atoms with Crippen LogP contribution in [0.5, 0.6) is 0 Å². The third-order valence-electron chi connectivity index (χ3n) is 1.24. The lowest BCUT2D eigenvalue weighted by atomic mass is 10.0. The van der Waals surface area contributed by atoms with Crippen molar-refractivity contribution in [1.82, 2.24) is 5.23 Å². The topological polar surface area (TPSA) is 46.2 Å². The third-order valence-corrected chi connectivity index (χ3v) is 1.24. The quantitative estimate of drug-likeness (QED) is 0.410. The first-order valence-electron chi connectivity index (χ1n) is 3.11. The van der Waals surface area contributed by atoms with Crippen LogP contribution in [0.2, 0.25) is 0 Å². The second kappa shape index (κ2) is 5.17. The zero-order valence-corrected chi connectivity index (χ0v) is 5.91. The summed E-state index contributed by atoms with van der Waals surface area (Å²) in [5.41, 5.74) is 0. The van der Waals surface area contributed by atoms with Gasteiger partial charge in [-0.3, -0.25) is 0 Å². The van der Waals surface area contributed by atoms with E-state index in [0.717, 1.165) is 6.29 Å². The molecule has 0 aromatic heterocycles. The molecule has 54 valence electrons. The monoisotopic (exact) mass is 139 g/mol. The molecule has 4 heteroatoms. The predicted octanol–water partition coefficient (Wildman–Crippen LogP) is -0.548. The van der Waals surface area contributed by atoms with Crippen molar-refractivity contribution in [2.45, 2.75) is 19.4 Å². The van der Waals surface area contributed by atoms with E-state index in [1.165, 1.54) is 0 Å². The Bertz CT molecular complexity index is 118. The van der Waals surface area contributed by atoms with Crippen LogP contribution < -0.4 is 5.23 Å². The zero-order valence-electron chi connectivity index (χ0n) is 5.91. The highest BCUT2D eigenvalue weighted by molar-refractivity contribution is 6.05. The summed E-state index contributed by atoms with van der Waals surface area (Å²) in [7, 11) is 4.99. The van der Waals surface area contributed by atoms with Crippen LogP contribution in [-0.2, 0) is 9.59 Å². The Labute approximate surface area is 61.6 Å². The summed E-state index contributed by atoms with van der Waals surface area (Å²) < 4.78 is 0. The summed E-state index contributed by atoms with van der Waals surface area (Å²) >= 11 is 0. The molecule has 0 aromatic rings. The van der Waals surface area contributed by atoms with E-state index in [1.54, 1.807) is 6.92 Å². The summed E-state index contributed by atoms with van der Waals surface area (Å²) in [5.74, 6) is -0.119. The van der Waals surface area contributed by atoms with Gasteiger partial charge >= 0.3 is 0 Å². The molecule has 0 saturated carbocycles. The normalized spacial score (nSPS) is 15.7. The molecule has 3 nitrogen and oxygen atoms in total. The van der Waals surface area contributed by atoms with Gasteiger partial charge in [-0.15, -0.1) is 0 Å². The number of nitrogens with one attached hydrogen (secondary N) is 1. The molecule has 0 spiro atoms. The molecule has 0 heterocycles. The first-order valence-corrected chi connectivity index (χ1v) is 3.11. The number of carbonyl (C=O) groups excluding carboxylic acids is 2. The van der Waals surface area contributed by atoms with Gasteiger partial charge in [0.1, 0.15) is 12.6 Å². The Kier molecular flexibility index (Phi) is 4.85. The molecule has 0 aliphatic heterocycles. The van der Waals surface area contributed by atoms with Gasteiger partial charge in [-0.2, -0.15) is 0 Å². The zero-order chi connectivity index (χ0) is 7.98. The second-order valence-electron chi connectivity index (χ2n) is 2.26. The highest BCUT2D eigenvalue weighted by Gasteiger charge is 2.07. The van der Waals surface area contributed by atoms with Crippen molar-refractivity contribution in [3.63, 3.8) is 0 Å². The first kappa shape index (κ1) is 9.36. The molecule has 0 fully saturated rings. The van der Waals surface area contributed by atoms with Crippen LogP contribution in [0.1, 0.15) is 13.3 Å². The minimum absolute atomic E-state index is 0.119. The van der Waals surface area contributed by atoms with E-state index in [0.29, 0.717) is 12.7 Å². The van der Waals surface area contributed by atoms with Crippen molar-refractivity contribution in [1.29, 1.82) is 0 Å². The maximum atomic E-state index is 10.1. The Morgan fingerprint density at radius 2 is 2.10 bits per heavy atom. The molecule has 2 radical (unpaired) electrons. The number of rotatable bonds is 5. The molecule has 1 N–H and O–H groups in total. The largest absolute Gasteiger partial charge is 0.358 e. The number of hydrogen-bond acceptors (Lipinski definition) is 3. The van der Waals surface area contributed by atoms with E-state index >= 15 is 0 Å². The molecule has 0 aliphatic carbocycles. The molecular formula is C6H10BNO2. The van der Waals surface area contributed by atoms with Gasteiger partial charge in [-0.1, -0.05) is 6.92 Å². The smallest absolute Gasteiger partial charge is 0.178 e. The third kappa shape index (κ3) is 3.40. The van der Waals surface area contributed by atoms with Crippen molar-refractivity contribution in [2.24, 2.45) is 5.92 Å². The van der Waals surface area contributed by atoms with Crippen LogP contribution in [0.15, 0.2) is 0 Å². The molecule has 0 amide bonds. The van der Waals surface area contributed by atoms with E-state index in [1.807, 2.05) is 0 Å². The van der Waals surface area contributed by atoms with Crippen molar-refractivity contribution < 1.29 is 9.59 Å². The molecule has 0 bridgehead atoms. The number of hydrogen-bond donors (Lipinski definition) is 1. The average Bonchev–Trinajstić information content (AvgIpc) is 1.99. The fourth-order valence-electron chi connectivity index (χ4n) is 0.619. The Hall–Kier alpha value is -0.635. The van der Waals surface area contributed by atoms with E-state index in [-0.39, 0.29) is 5.92 Å². The van der Waals surface area contributed by atoms with Crippen LogP contribution in [0.3, 0.4) is 0 Å². The maximum Gasteiger partial charge on any atom is 0.178 e. The summed E-state index contributed by atoms with van der Waals surface area (Å²) in [4.78, 5) is 20.2. The molecule has 0 saturated heterocycles. The molecular weight excluding hydrogens is 129 g/mol. The highest BCUT2D eigenvalue weighted by atomic mass is 16.1. The molecule has 0 rings (SSSR count). The van der Waals surface area contributed by atoms with E-state index in [2.05, 4.69) is 5.23 Å². The molecule has 0 aliphatic rings. The van der Waals surface area contributed by atoms with Crippen LogP contribution in [0.25, 0.3) is 0 Å². The Morgan fingerprint density at radius 3 is 2.40 bits per heavy atom. The number of aldehydes is 2. The van der Waals surface area contributed by atoms with E-state index in [9.17, 15) is 9.59 Å². The van der Waals surface area contributed by atoms with Gasteiger partial charge < -0.3 is 14.8 Å². The van der Waals surface area contributed by atoms with Crippen LogP contribution >= 0.6 is 0 Å². The molecule has 10 heavy (non-hydrogen) atoms. The van der Waals surface area contributed by atoms with Crippen molar-refractivity contribution in [3.8, 4) is 0 Å². The lowest BCUT2D eigenvalue weighted by molar-refractivity contribution is -0.112. The van der Waals surface area contributed by atoms with E-state index in [4.69, 9.17) is 7.98 Å².